The second kappa shape index (κ2) is 16.0. The van der Waals surface area contributed by atoms with Crippen molar-refractivity contribution in [2.45, 2.75) is 82.0 Å². The van der Waals surface area contributed by atoms with Crippen molar-refractivity contribution < 1.29 is 81.6 Å². The van der Waals surface area contributed by atoms with Gasteiger partial charge in [0, 0.05) is 27.3 Å². The number of phosphoric ester groups is 1. The molecule has 1 aromatic heterocycles. The Kier molecular flexibility index (Phi) is 10.8. The molecule has 1 aromatic rings. The molecule has 9 atom stereocenters. The average Bonchev–Trinajstić information content (AvgIpc) is 3.37. The Labute approximate surface area is 226 Å². The summed E-state index contributed by atoms with van der Waals surface area (Å²) in [7, 11) is -4.92. The third kappa shape index (κ3) is 11.0. The van der Waals surface area contributed by atoms with Crippen LogP contribution in [0.4, 0.5) is 0 Å². The van der Waals surface area contributed by atoms with Crippen LogP contribution in [0.1, 0.15) is 41.0 Å². The lowest BCUT2D eigenvalue weighted by atomic mass is 10.2. The summed E-state index contributed by atoms with van der Waals surface area (Å²) in [6.07, 6.45) is -16.6. The van der Waals surface area contributed by atoms with Gasteiger partial charge >= 0.3 is 13.4 Å². The van der Waals surface area contributed by atoms with E-state index in [4.69, 9.17) is 48.3 Å². The Bertz CT molecular complexity index is 1140. The minimum atomic E-state index is -4.92. The van der Waals surface area contributed by atoms with Gasteiger partial charge in [0.2, 0.25) is 12.6 Å². The highest BCUT2D eigenvalue weighted by Crippen LogP contribution is 2.40. The molecule has 0 aromatic carbocycles. The van der Waals surface area contributed by atoms with E-state index >= 15 is 0 Å². The fraction of sp³-hybridized carbons (Fsp3) is 0.800. The normalized spacial score (nSPS) is 40.8. The van der Waals surface area contributed by atoms with Gasteiger partial charge in [0.05, 0.1) is 44.2 Å². The molecule has 38 heavy (non-hydrogen) atoms. The molecule has 3 fully saturated rings. The molecule has 0 radical (unpaired) electrons. The number of H-pyrrole nitrogens is 1. The summed E-state index contributed by atoms with van der Waals surface area (Å²) < 4.78 is 74.3. The third-order valence-electron chi connectivity index (χ3n) is 4.69. The van der Waals surface area contributed by atoms with Crippen molar-refractivity contribution >= 4 is 7.82 Å². The summed E-state index contributed by atoms with van der Waals surface area (Å²) in [6, 6.07) is 1.22. The van der Waals surface area contributed by atoms with E-state index in [0.717, 1.165) is 0 Å². The third-order valence-corrected chi connectivity index (χ3v) is 5.16. The number of aromatic nitrogens is 2. The van der Waals surface area contributed by atoms with Gasteiger partial charge in [-0.25, -0.2) is 18.9 Å². The summed E-state index contributed by atoms with van der Waals surface area (Å²) in [5.41, 5.74) is -0.320. The van der Waals surface area contributed by atoms with E-state index < -0.39 is 102 Å². The minimum absolute atomic E-state index is 0. The van der Waals surface area contributed by atoms with Crippen LogP contribution in [-0.2, 0) is 23.3 Å². The number of hydrogen-bond acceptors (Lipinski definition) is 13. The molecule has 4 heterocycles. The molecule has 8 unspecified atom stereocenters. The molecule has 0 saturated carbocycles. The number of aliphatic hydroxyl groups excluding tert-OH is 7. The van der Waals surface area contributed by atoms with Gasteiger partial charge in [0.25, 0.3) is 0 Å². The van der Waals surface area contributed by atoms with E-state index in [-0.39, 0.29) is 13.0 Å². The second-order valence-electron chi connectivity index (χ2n) is 7.44. The smallest absolute Gasteiger partial charge is 0.394 e. The van der Waals surface area contributed by atoms with Crippen LogP contribution < -0.4 is 10.1 Å². The number of nitrogens with one attached hydrogen (secondary N) is 1. The highest BCUT2D eigenvalue weighted by atomic mass is 31.2. The van der Waals surface area contributed by atoms with E-state index in [9.17, 15) is 19.6 Å². The highest BCUT2D eigenvalue weighted by Gasteiger charge is 2.38. The second-order valence-corrected chi connectivity index (χ2v) is 8.63. The fourth-order valence-corrected chi connectivity index (χ4v) is 3.24. The summed E-state index contributed by atoms with van der Waals surface area (Å²) in [6.45, 7) is -1.65. The number of hydrogen-bond donors (Lipinski definition) is 10. The van der Waals surface area contributed by atoms with Crippen molar-refractivity contribution in [2.75, 3.05) is 19.8 Å². The van der Waals surface area contributed by atoms with Gasteiger partial charge < -0.3 is 59.7 Å². The van der Waals surface area contributed by atoms with Crippen LogP contribution in [0.3, 0.4) is 0 Å². The van der Waals surface area contributed by atoms with Crippen molar-refractivity contribution in [3.63, 3.8) is 0 Å². The molecular weight excluding hydrogens is 539 g/mol. The van der Waals surface area contributed by atoms with E-state index in [2.05, 4.69) is 19.0 Å². The molecule has 0 aliphatic carbocycles. The summed E-state index contributed by atoms with van der Waals surface area (Å²) in [5.74, 6) is 0. The van der Waals surface area contributed by atoms with Gasteiger partial charge in [-0.1, -0.05) is 7.43 Å². The van der Waals surface area contributed by atoms with Crippen LogP contribution in [-0.4, -0.2) is 120 Å². The number of aromatic amines is 1. The standard InChI is InChI=1S/C9H12N2O4.C5H11O7P.C5H10O4.CH4/c12-4-7-6(13)3-9(15-7)11-2-1-8(14)10-5-11;6-2-4-3(7)1-5(11-4)12-13(8,9)10;6-2-4-3(7)1-5(8)9-4;/h1-2,5-7,9,12-13H,3-4H2;3-7H,1-2H2,(H2,8,9,10);3-8H,1-2H2;1H4/p+1/t;3?,4?,5-;;/m.1../s1/i3T2;2*1T2;. The summed E-state index contributed by atoms with van der Waals surface area (Å²) >= 11 is 0. The van der Waals surface area contributed by atoms with Crippen LogP contribution in [0.15, 0.2) is 23.4 Å². The Hall–Kier alpha value is -1.41. The first-order chi connectivity index (χ1) is 19.6. The molecule has 17 nitrogen and oxygen atoms in total. The molecule has 0 bridgehead atoms. The zero-order valence-electron chi connectivity index (χ0n) is 24.9. The van der Waals surface area contributed by atoms with Crippen molar-refractivity contribution in [1.29, 1.82) is 0 Å². The van der Waals surface area contributed by atoms with E-state index in [1.54, 1.807) is 0 Å². The minimum Gasteiger partial charge on any atom is -0.394 e. The van der Waals surface area contributed by atoms with E-state index in [1.165, 1.54) is 23.2 Å². The molecule has 0 amide bonds. The zero-order chi connectivity index (χ0) is 33.1. The maximum Gasteiger partial charge on any atom is 0.471 e. The SMILES string of the molecule is C.[3H]C1([3H])C(O)C(CO)OC1[n+]1ccc(=O)[nH]c1.[3H]C1([3H])C(O)C(CO)O[C@@H]1OP(=O)(O)O.[3H]C1([3H])C(O)OC(CO)C1O. The van der Waals surface area contributed by atoms with Crippen molar-refractivity contribution in [1.82, 2.24) is 4.98 Å². The molecule has 0 spiro atoms. The maximum absolute atomic E-state index is 10.9. The molecule has 18 heteroatoms. The predicted molar refractivity (Wildman–Crippen MR) is 124 cm³/mol. The number of nitrogens with zero attached hydrogens (tertiary/aromatic N) is 1. The first kappa shape index (κ1) is 25.6. The zero-order valence-corrected chi connectivity index (χ0v) is 19.8. The quantitative estimate of drug-likeness (QED) is 0.112. The molecular formula is C20H38N2O15P+. The van der Waals surface area contributed by atoms with Gasteiger partial charge in [-0.2, -0.15) is 0 Å². The first-order valence-electron chi connectivity index (χ1n) is 13.5. The summed E-state index contributed by atoms with van der Waals surface area (Å²) in [4.78, 5) is 30.2. The summed E-state index contributed by atoms with van der Waals surface area (Å²) in [5, 5.41) is 63.0. The van der Waals surface area contributed by atoms with Gasteiger partial charge in [-0.3, -0.25) is 4.52 Å². The highest BCUT2D eigenvalue weighted by molar-refractivity contribution is 7.46. The van der Waals surface area contributed by atoms with Crippen molar-refractivity contribution in [2.24, 2.45) is 0 Å². The molecule has 3 aliphatic rings. The van der Waals surface area contributed by atoms with Crippen LogP contribution >= 0.6 is 7.82 Å². The van der Waals surface area contributed by atoms with Gasteiger partial charge in [0.1, 0.15) is 24.5 Å². The van der Waals surface area contributed by atoms with E-state index in [0.29, 0.717) is 0 Å². The Balaban J connectivity index is 0.000000334. The van der Waals surface area contributed by atoms with Crippen LogP contribution in [0.2, 0.25) is 0 Å². The van der Waals surface area contributed by atoms with Crippen LogP contribution in [0.25, 0.3) is 0 Å². The van der Waals surface area contributed by atoms with Gasteiger partial charge in [0.15, 0.2) is 12.6 Å². The maximum atomic E-state index is 10.9. The molecule has 3 saturated heterocycles. The lowest BCUT2D eigenvalue weighted by molar-refractivity contribution is -0.762. The predicted octanol–water partition coefficient (Wildman–Crippen LogP) is -4.05. The fourth-order valence-electron chi connectivity index (χ4n) is 2.88. The molecule has 10 N–H and O–H groups in total. The van der Waals surface area contributed by atoms with Gasteiger partial charge in [-0.05, 0) is 0 Å². The lowest BCUT2D eigenvalue weighted by Crippen LogP contribution is -2.41. The van der Waals surface area contributed by atoms with E-state index in [1.807, 2.05) is 0 Å². The number of aliphatic hydroxyl groups is 7. The first-order valence-corrected chi connectivity index (χ1v) is 12.0. The molecule has 4 rings (SSSR count). The Morgan fingerprint density at radius 1 is 0.947 bits per heavy atom. The molecule has 222 valence electrons. The molecule has 3 aliphatic heterocycles. The van der Waals surface area contributed by atoms with Crippen LogP contribution in [0, 0.1) is 0 Å². The number of rotatable bonds is 6. The largest absolute Gasteiger partial charge is 0.471 e. The van der Waals surface area contributed by atoms with Crippen molar-refractivity contribution in [3.8, 4) is 0 Å². The topological polar surface area (TPSA) is 273 Å². The average molecular weight is 590 g/mol. The number of ether oxygens (including phenoxy) is 3. The van der Waals surface area contributed by atoms with Crippen LogP contribution in [0.5, 0.6) is 0 Å². The monoisotopic (exact) mass is 589 g/mol. The van der Waals surface area contributed by atoms with Gasteiger partial charge in [-0.15, -0.1) is 0 Å². The Morgan fingerprint density at radius 3 is 1.87 bits per heavy atom. The van der Waals surface area contributed by atoms with Crippen molar-refractivity contribution in [3.05, 3.63) is 28.9 Å². The number of phosphoric acid groups is 1. The Morgan fingerprint density at radius 2 is 1.47 bits per heavy atom. The lowest BCUT2D eigenvalue weighted by Gasteiger charge is -2.12.